The lowest BCUT2D eigenvalue weighted by Gasteiger charge is -2.00. The summed E-state index contributed by atoms with van der Waals surface area (Å²) < 4.78 is 7.68. The molecule has 3 aromatic rings. The maximum absolute atomic E-state index is 5.63. The van der Waals surface area contributed by atoms with E-state index in [9.17, 15) is 0 Å². The van der Waals surface area contributed by atoms with Crippen molar-refractivity contribution < 1.29 is 4.42 Å². The average molecular weight is 212 g/mol. The summed E-state index contributed by atoms with van der Waals surface area (Å²) in [5, 5.41) is 0. The lowest BCUT2D eigenvalue weighted by molar-refractivity contribution is 0.538. The van der Waals surface area contributed by atoms with Gasteiger partial charge in [0.1, 0.15) is 5.52 Å². The van der Waals surface area contributed by atoms with Gasteiger partial charge in [-0.3, -0.25) is 0 Å². The molecule has 0 N–H and O–H groups in total. The van der Waals surface area contributed by atoms with Crippen LogP contribution in [0.1, 0.15) is 12.8 Å². The molecular formula is C13H12N2O. The van der Waals surface area contributed by atoms with Gasteiger partial charge >= 0.3 is 0 Å². The number of hydrogen-bond acceptors (Lipinski definition) is 2. The van der Waals surface area contributed by atoms with Gasteiger partial charge in [0.05, 0.1) is 0 Å². The van der Waals surface area contributed by atoms with Crippen molar-refractivity contribution in [1.29, 1.82) is 0 Å². The Hall–Kier alpha value is -2.03. The van der Waals surface area contributed by atoms with Crippen molar-refractivity contribution in [2.75, 3.05) is 0 Å². The summed E-state index contributed by atoms with van der Waals surface area (Å²) >= 11 is 0. The highest BCUT2D eigenvalue weighted by atomic mass is 16.3. The second-order valence-corrected chi connectivity index (χ2v) is 3.70. The summed E-state index contributed by atoms with van der Waals surface area (Å²) in [7, 11) is 0. The second-order valence-electron chi connectivity index (χ2n) is 3.70. The van der Waals surface area contributed by atoms with E-state index in [-0.39, 0.29) is 0 Å². The molecule has 16 heavy (non-hydrogen) atoms. The fraction of sp³-hybridized carbons (Fsp3) is 0.154. The summed E-state index contributed by atoms with van der Waals surface area (Å²) in [4.78, 5) is 4.38. The molecule has 0 radical (unpaired) electrons. The zero-order valence-corrected chi connectivity index (χ0v) is 9.05. The first-order chi connectivity index (χ1) is 7.86. The SMILES string of the molecule is CCc1nc2ccc(-n3cccc3)cc2o1. The van der Waals surface area contributed by atoms with E-state index >= 15 is 0 Å². The maximum atomic E-state index is 5.63. The molecule has 3 heteroatoms. The molecule has 3 nitrogen and oxygen atoms in total. The minimum absolute atomic E-state index is 0.791. The number of rotatable bonds is 2. The molecule has 0 saturated heterocycles. The summed E-state index contributed by atoms with van der Waals surface area (Å²) in [6.07, 6.45) is 4.85. The number of hydrogen-bond donors (Lipinski definition) is 0. The van der Waals surface area contributed by atoms with E-state index in [0.29, 0.717) is 0 Å². The molecule has 3 rings (SSSR count). The number of aromatic nitrogens is 2. The predicted molar refractivity (Wildman–Crippen MR) is 62.7 cm³/mol. The Balaban J connectivity index is 2.15. The van der Waals surface area contributed by atoms with Crippen LogP contribution in [0.5, 0.6) is 0 Å². The highest BCUT2D eigenvalue weighted by Crippen LogP contribution is 2.19. The average Bonchev–Trinajstić information content (AvgIpc) is 2.96. The van der Waals surface area contributed by atoms with E-state index < -0.39 is 0 Å². The van der Waals surface area contributed by atoms with Gasteiger partial charge in [0.15, 0.2) is 11.5 Å². The van der Waals surface area contributed by atoms with Crippen LogP contribution in [0.25, 0.3) is 16.8 Å². The van der Waals surface area contributed by atoms with Crippen molar-refractivity contribution in [3.63, 3.8) is 0 Å². The number of aryl methyl sites for hydroxylation is 1. The molecule has 1 aromatic carbocycles. The third kappa shape index (κ3) is 1.41. The van der Waals surface area contributed by atoms with Crippen LogP contribution < -0.4 is 0 Å². The molecular weight excluding hydrogens is 200 g/mol. The third-order valence-corrected chi connectivity index (χ3v) is 2.62. The molecule has 0 spiro atoms. The van der Waals surface area contributed by atoms with Crippen LogP contribution in [0.15, 0.2) is 47.1 Å². The molecule has 0 aliphatic carbocycles. The predicted octanol–water partition coefficient (Wildman–Crippen LogP) is 3.18. The van der Waals surface area contributed by atoms with Gasteiger partial charge < -0.3 is 8.98 Å². The van der Waals surface area contributed by atoms with E-state index in [2.05, 4.69) is 4.98 Å². The minimum atomic E-state index is 0.791. The van der Waals surface area contributed by atoms with Crippen LogP contribution >= 0.6 is 0 Å². The van der Waals surface area contributed by atoms with E-state index in [1.54, 1.807) is 0 Å². The monoisotopic (exact) mass is 212 g/mol. The molecule has 2 aromatic heterocycles. The number of nitrogens with zero attached hydrogens (tertiary/aromatic N) is 2. The Morgan fingerprint density at radius 2 is 2.06 bits per heavy atom. The lowest BCUT2D eigenvalue weighted by Crippen LogP contribution is -1.87. The van der Waals surface area contributed by atoms with Gasteiger partial charge in [-0.05, 0) is 24.3 Å². The van der Waals surface area contributed by atoms with Crippen molar-refractivity contribution in [2.24, 2.45) is 0 Å². The smallest absolute Gasteiger partial charge is 0.195 e. The van der Waals surface area contributed by atoms with Crippen LogP contribution in [0.4, 0.5) is 0 Å². The van der Waals surface area contributed by atoms with Gasteiger partial charge in [0.2, 0.25) is 0 Å². The van der Waals surface area contributed by atoms with Crippen LogP contribution in [-0.4, -0.2) is 9.55 Å². The zero-order chi connectivity index (χ0) is 11.0. The van der Waals surface area contributed by atoms with E-state index in [4.69, 9.17) is 4.42 Å². The molecule has 0 unspecified atom stereocenters. The van der Waals surface area contributed by atoms with Crippen LogP contribution in [0.2, 0.25) is 0 Å². The largest absolute Gasteiger partial charge is 0.441 e. The molecule has 0 saturated carbocycles. The molecule has 0 amide bonds. The fourth-order valence-corrected chi connectivity index (χ4v) is 1.78. The number of oxazole rings is 1. The molecule has 80 valence electrons. The van der Waals surface area contributed by atoms with Gasteiger partial charge in [-0.15, -0.1) is 0 Å². The Bertz CT molecular complexity index is 608. The quantitative estimate of drug-likeness (QED) is 0.653. The van der Waals surface area contributed by atoms with Crippen molar-refractivity contribution in [2.45, 2.75) is 13.3 Å². The molecule has 0 aliphatic heterocycles. The van der Waals surface area contributed by atoms with Crippen molar-refractivity contribution in [1.82, 2.24) is 9.55 Å². The third-order valence-electron chi connectivity index (χ3n) is 2.62. The summed E-state index contributed by atoms with van der Waals surface area (Å²) in [6.45, 7) is 2.04. The van der Waals surface area contributed by atoms with Crippen molar-refractivity contribution in [3.05, 3.63) is 48.6 Å². The first-order valence-electron chi connectivity index (χ1n) is 5.39. The van der Waals surface area contributed by atoms with Gasteiger partial charge in [-0.2, -0.15) is 0 Å². The zero-order valence-electron chi connectivity index (χ0n) is 9.05. The summed E-state index contributed by atoms with van der Waals surface area (Å²) in [6, 6.07) is 10.1. The van der Waals surface area contributed by atoms with Gasteiger partial charge in [0.25, 0.3) is 0 Å². The van der Waals surface area contributed by atoms with Crippen molar-refractivity contribution >= 4 is 11.1 Å². The van der Waals surface area contributed by atoms with Crippen LogP contribution in [0, 0.1) is 0 Å². The molecule has 0 aliphatic rings. The molecule has 0 fully saturated rings. The van der Waals surface area contributed by atoms with Crippen LogP contribution in [-0.2, 0) is 6.42 Å². The van der Waals surface area contributed by atoms with Gasteiger partial charge in [-0.1, -0.05) is 6.92 Å². The Labute approximate surface area is 93.3 Å². The molecule has 0 bridgehead atoms. The lowest BCUT2D eigenvalue weighted by atomic mass is 10.3. The Morgan fingerprint density at radius 3 is 2.81 bits per heavy atom. The first-order valence-corrected chi connectivity index (χ1v) is 5.39. The Morgan fingerprint density at radius 1 is 1.25 bits per heavy atom. The minimum Gasteiger partial charge on any atom is -0.441 e. The summed E-state index contributed by atoms with van der Waals surface area (Å²) in [5.74, 6) is 0.791. The summed E-state index contributed by atoms with van der Waals surface area (Å²) in [5.41, 5.74) is 2.87. The standard InChI is InChI=1S/C13H12N2O/c1-2-13-14-11-6-5-10(9-12(11)16-13)15-7-3-4-8-15/h3-9H,2H2,1H3. The van der Waals surface area contributed by atoms with Crippen molar-refractivity contribution in [3.8, 4) is 5.69 Å². The van der Waals surface area contributed by atoms with Crippen LogP contribution in [0.3, 0.4) is 0 Å². The Kier molecular flexibility index (Phi) is 2.03. The molecule has 0 atom stereocenters. The number of fused-ring (bicyclic) bond motifs is 1. The van der Waals surface area contributed by atoms with Gasteiger partial charge in [-0.25, -0.2) is 4.98 Å². The normalized spacial score (nSPS) is 11.1. The number of benzene rings is 1. The molecule has 2 heterocycles. The van der Waals surface area contributed by atoms with E-state index in [1.165, 1.54) is 0 Å². The maximum Gasteiger partial charge on any atom is 0.195 e. The highest BCUT2D eigenvalue weighted by molar-refractivity contribution is 5.75. The topological polar surface area (TPSA) is 31.0 Å². The fourth-order valence-electron chi connectivity index (χ4n) is 1.78. The van der Waals surface area contributed by atoms with E-state index in [1.807, 2.05) is 54.2 Å². The van der Waals surface area contributed by atoms with Gasteiger partial charge in [0, 0.05) is 30.6 Å². The van der Waals surface area contributed by atoms with E-state index in [0.717, 1.165) is 29.1 Å². The first kappa shape index (κ1) is 9.21. The highest BCUT2D eigenvalue weighted by Gasteiger charge is 2.05. The second kappa shape index (κ2) is 3.52.